The number of carbonyl (C=O) groups is 1. The van der Waals surface area contributed by atoms with E-state index < -0.39 is 10.0 Å². The molecule has 0 aliphatic rings. The standard InChI is InChI=1S/C12H21N3O3S/c1-8(12(2,3)4)14-11(16)10-6-9(7-15(10)5)19(13,17)18/h6-8H,1-5H3,(H,14,16)(H2,13,17,18). The Bertz CT molecular complexity index is 582. The second-order valence-corrected chi connectivity index (χ2v) is 7.34. The van der Waals surface area contributed by atoms with Crippen LogP contribution in [0.3, 0.4) is 0 Å². The Hall–Kier alpha value is -1.34. The van der Waals surface area contributed by atoms with Crippen LogP contribution in [-0.4, -0.2) is 24.9 Å². The van der Waals surface area contributed by atoms with E-state index in [1.807, 2.05) is 27.7 Å². The van der Waals surface area contributed by atoms with Gasteiger partial charge in [0, 0.05) is 19.3 Å². The van der Waals surface area contributed by atoms with E-state index in [0.717, 1.165) is 0 Å². The van der Waals surface area contributed by atoms with Gasteiger partial charge in [-0.3, -0.25) is 4.79 Å². The molecule has 108 valence electrons. The molecule has 0 spiro atoms. The lowest BCUT2D eigenvalue weighted by atomic mass is 9.88. The van der Waals surface area contributed by atoms with E-state index in [0.29, 0.717) is 0 Å². The summed E-state index contributed by atoms with van der Waals surface area (Å²) in [7, 11) is -2.19. The van der Waals surface area contributed by atoms with Gasteiger partial charge in [-0.15, -0.1) is 0 Å². The zero-order valence-electron chi connectivity index (χ0n) is 11.9. The molecule has 0 radical (unpaired) electrons. The number of nitrogens with zero attached hydrogens (tertiary/aromatic N) is 1. The fourth-order valence-electron chi connectivity index (χ4n) is 1.40. The van der Waals surface area contributed by atoms with E-state index in [4.69, 9.17) is 5.14 Å². The maximum absolute atomic E-state index is 12.1. The van der Waals surface area contributed by atoms with Gasteiger partial charge in [-0.2, -0.15) is 0 Å². The van der Waals surface area contributed by atoms with Gasteiger partial charge in [-0.25, -0.2) is 13.6 Å². The molecular weight excluding hydrogens is 266 g/mol. The molecule has 1 heterocycles. The number of sulfonamides is 1. The van der Waals surface area contributed by atoms with Crippen molar-refractivity contribution in [3.05, 3.63) is 18.0 Å². The van der Waals surface area contributed by atoms with Crippen LogP contribution in [0.25, 0.3) is 0 Å². The number of amides is 1. The van der Waals surface area contributed by atoms with Crippen LogP contribution in [0.4, 0.5) is 0 Å². The molecule has 1 atom stereocenters. The Morgan fingerprint density at radius 2 is 1.95 bits per heavy atom. The Morgan fingerprint density at radius 1 is 1.42 bits per heavy atom. The van der Waals surface area contributed by atoms with Gasteiger partial charge in [0.2, 0.25) is 10.0 Å². The fourth-order valence-corrected chi connectivity index (χ4v) is 1.98. The van der Waals surface area contributed by atoms with E-state index in [1.165, 1.54) is 16.8 Å². The molecule has 7 heteroatoms. The van der Waals surface area contributed by atoms with Gasteiger partial charge in [0.05, 0.1) is 0 Å². The maximum atomic E-state index is 12.1. The van der Waals surface area contributed by atoms with Gasteiger partial charge < -0.3 is 9.88 Å². The molecule has 0 aliphatic carbocycles. The predicted octanol–water partition coefficient (Wildman–Crippen LogP) is 0.837. The van der Waals surface area contributed by atoms with E-state index in [2.05, 4.69) is 5.32 Å². The van der Waals surface area contributed by atoms with Crippen LogP contribution >= 0.6 is 0 Å². The van der Waals surface area contributed by atoms with Crippen molar-refractivity contribution in [3.8, 4) is 0 Å². The molecule has 6 nitrogen and oxygen atoms in total. The second-order valence-electron chi connectivity index (χ2n) is 5.78. The van der Waals surface area contributed by atoms with E-state index >= 15 is 0 Å². The van der Waals surface area contributed by atoms with Gasteiger partial charge in [-0.1, -0.05) is 20.8 Å². The summed E-state index contributed by atoms with van der Waals surface area (Å²) in [6.45, 7) is 7.94. The van der Waals surface area contributed by atoms with Crippen molar-refractivity contribution in [2.45, 2.75) is 38.6 Å². The third-order valence-electron chi connectivity index (χ3n) is 3.19. The number of hydrogen-bond donors (Lipinski definition) is 2. The Balaban J connectivity index is 2.99. The summed E-state index contributed by atoms with van der Waals surface area (Å²) < 4.78 is 23.9. The highest BCUT2D eigenvalue weighted by atomic mass is 32.2. The molecule has 0 bridgehead atoms. The quantitative estimate of drug-likeness (QED) is 0.862. The molecule has 19 heavy (non-hydrogen) atoms. The first-order chi connectivity index (χ1) is 8.43. The number of nitrogens with one attached hydrogen (secondary N) is 1. The molecule has 1 amide bonds. The van der Waals surface area contributed by atoms with Crippen molar-refractivity contribution in [2.75, 3.05) is 0 Å². The van der Waals surface area contributed by atoms with Gasteiger partial charge in [0.15, 0.2) is 0 Å². The highest BCUT2D eigenvalue weighted by Gasteiger charge is 2.24. The summed E-state index contributed by atoms with van der Waals surface area (Å²) in [6.07, 6.45) is 1.33. The van der Waals surface area contributed by atoms with Gasteiger partial charge in [-0.05, 0) is 18.4 Å². The summed E-state index contributed by atoms with van der Waals surface area (Å²) in [5.41, 5.74) is 0.184. The minimum absolute atomic E-state index is 0.0483. The first kappa shape index (κ1) is 15.7. The molecule has 0 aliphatic heterocycles. The van der Waals surface area contributed by atoms with Crippen molar-refractivity contribution >= 4 is 15.9 Å². The summed E-state index contributed by atoms with van der Waals surface area (Å²) in [5.74, 6) is -0.320. The molecule has 1 aromatic heterocycles. The van der Waals surface area contributed by atoms with Crippen molar-refractivity contribution in [1.82, 2.24) is 9.88 Å². The molecule has 1 unspecified atom stereocenters. The third kappa shape index (κ3) is 3.81. The molecular formula is C12H21N3O3S. The normalized spacial score (nSPS) is 14.2. The molecule has 0 saturated heterocycles. The zero-order valence-corrected chi connectivity index (χ0v) is 12.7. The Kier molecular flexibility index (Phi) is 4.11. The van der Waals surface area contributed by atoms with E-state index in [-0.39, 0.29) is 28.0 Å². The van der Waals surface area contributed by atoms with Crippen LogP contribution in [-0.2, 0) is 17.1 Å². The van der Waals surface area contributed by atoms with Crippen molar-refractivity contribution in [1.29, 1.82) is 0 Å². The third-order valence-corrected chi connectivity index (χ3v) is 4.07. The minimum Gasteiger partial charge on any atom is -0.348 e. The lowest BCUT2D eigenvalue weighted by molar-refractivity contribution is 0.0902. The molecule has 0 fully saturated rings. The Labute approximate surface area is 114 Å². The SMILES string of the molecule is CC(NC(=O)c1cc(S(N)(=O)=O)cn1C)C(C)(C)C. The summed E-state index contributed by atoms with van der Waals surface area (Å²) in [5, 5.41) is 7.88. The number of carbonyl (C=O) groups excluding carboxylic acids is 1. The number of primary sulfonamides is 1. The van der Waals surface area contributed by atoms with Crippen LogP contribution in [0.1, 0.15) is 38.2 Å². The zero-order chi connectivity index (χ0) is 15.0. The largest absolute Gasteiger partial charge is 0.348 e. The molecule has 0 aromatic carbocycles. The smallest absolute Gasteiger partial charge is 0.268 e. The predicted molar refractivity (Wildman–Crippen MR) is 73.2 cm³/mol. The summed E-state index contributed by atoms with van der Waals surface area (Å²) in [4.78, 5) is 12.0. The fraction of sp³-hybridized carbons (Fsp3) is 0.583. The summed E-state index contributed by atoms with van der Waals surface area (Å²) in [6, 6.07) is 1.23. The van der Waals surface area contributed by atoms with E-state index in [9.17, 15) is 13.2 Å². The number of aromatic nitrogens is 1. The molecule has 0 saturated carbocycles. The highest BCUT2D eigenvalue weighted by molar-refractivity contribution is 7.89. The lowest BCUT2D eigenvalue weighted by Gasteiger charge is -2.28. The van der Waals surface area contributed by atoms with Crippen LogP contribution in [0, 0.1) is 5.41 Å². The van der Waals surface area contributed by atoms with Crippen LogP contribution in [0.15, 0.2) is 17.2 Å². The second kappa shape index (κ2) is 4.97. The maximum Gasteiger partial charge on any atom is 0.268 e. The monoisotopic (exact) mass is 287 g/mol. The number of aryl methyl sites for hydroxylation is 1. The highest BCUT2D eigenvalue weighted by Crippen LogP contribution is 2.19. The van der Waals surface area contributed by atoms with E-state index in [1.54, 1.807) is 7.05 Å². The van der Waals surface area contributed by atoms with Crippen molar-refractivity contribution in [3.63, 3.8) is 0 Å². The molecule has 3 N–H and O–H groups in total. The van der Waals surface area contributed by atoms with Gasteiger partial charge in [0.1, 0.15) is 10.6 Å². The Morgan fingerprint density at radius 3 is 2.32 bits per heavy atom. The van der Waals surface area contributed by atoms with Crippen molar-refractivity contribution in [2.24, 2.45) is 17.6 Å². The average molecular weight is 287 g/mol. The van der Waals surface area contributed by atoms with Crippen LogP contribution < -0.4 is 10.5 Å². The van der Waals surface area contributed by atoms with Gasteiger partial charge in [0.25, 0.3) is 5.91 Å². The minimum atomic E-state index is -3.80. The number of rotatable bonds is 3. The molecule has 1 aromatic rings. The number of nitrogens with two attached hydrogens (primary N) is 1. The average Bonchev–Trinajstić information content (AvgIpc) is 2.58. The van der Waals surface area contributed by atoms with Crippen LogP contribution in [0.5, 0.6) is 0 Å². The first-order valence-corrected chi connectivity index (χ1v) is 7.47. The lowest BCUT2D eigenvalue weighted by Crippen LogP contribution is -2.41. The first-order valence-electron chi connectivity index (χ1n) is 5.93. The van der Waals surface area contributed by atoms with Crippen molar-refractivity contribution < 1.29 is 13.2 Å². The number of hydrogen-bond acceptors (Lipinski definition) is 3. The topological polar surface area (TPSA) is 94.2 Å². The molecule has 1 rings (SSSR count). The van der Waals surface area contributed by atoms with Gasteiger partial charge >= 0.3 is 0 Å². The van der Waals surface area contributed by atoms with Crippen LogP contribution in [0.2, 0.25) is 0 Å². The summed E-state index contributed by atoms with van der Waals surface area (Å²) >= 11 is 0.